The molecule has 11 heteroatoms. The van der Waals surface area contributed by atoms with E-state index in [2.05, 4.69) is 49.2 Å². The van der Waals surface area contributed by atoms with Crippen molar-refractivity contribution in [3.8, 4) is 17.6 Å². The van der Waals surface area contributed by atoms with Crippen molar-refractivity contribution in [3.05, 3.63) is 65.8 Å². The van der Waals surface area contributed by atoms with Gasteiger partial charge in [0.05, 0.1) is 42.5 Å². The van der Waals surface area contributed by atoms with E-state index in [0.29, 0.717) is 51.1 Å². The molecule has 4 rings (SSSR count). The van der Waals surface area contributed by atoms with Crippen LogP contribution < -0.4 is 26.0 Å². The van der Waals surface area contributed by atoms with Gasteiger partial charge in [-0.25, -0.2) is 4.98 Å². The van der Waals surface area contributed by atoms with Crippen molar-refractivity contribution < 1.29 is 14.1 Å². The predicted octanol–water partition coefficient (Wildman–Crippen LogP) is 6.23. The summed E-state index contributed by atoms with van der Waals surface area (Å²) in [5, 5.41) is 10.2. The van der Waals surface area contributed by atoms with Crippen LogP contribution >= 0.6 is 18.7 Å². The summed E-state index contributed by atoms with van der Waals surface area (Å²) in [5.41, 5.74) is 2.26. The second-order valence-electron chi connectivity index (χ2n) is 10.3. The van der Waals surface area contributed by atoms with Crippen molar-refractivity contribution >= 4 is 58.8 Å². The van der Waals surface area contributed by atoms with Crippen LogP contribution in [0.4, 0.5) is 28.8 Å². The first kappa shape index (κ1) is 31.1. The lowest BCUT2D eigenvalue weighted by molar-refractivity contribution is -0.111. The topological polar surface area (TPSA) is 108 Å². The van der Waals surface area contributed by atoms with Gasteiger partial charge < -0.3 is 25.3 Å². The fourth-order valence-electron chi connectivity index (χ4n) is 4.59. The molecule has 0 unspecified atom stereocenters. The van der Waals surface area contributed by atoms with E-state index >= 15 is 0 Å². The number of ether oxygens (including phenoxy) is 1. The SMILES string of the molecule is C=CC(=O)Nc1cc(Nc2ncc(Cl)c(Nc3ccccc3P(C)(C)=O)n2)c(OC)cc1C#CCN1CCCCCC1. The molecule has 0 spiro atoms. The summed E-state index contributed by atoms with van der Waals surface area (Å²) in [6, 6.07) is 10.8. The Bertz CT molecular complexity index is 1550. The molecule has 1 amide bonds. The third-order valence-electron chi connectivity index (χ3n) is 6.74. The van der Waals surface area contributed by atoms with Gasteiger partial charge >= 0.3 is 0 Å². The summed E-state index contributed by atoms with van der Waals surface area (Å²) in [4.78, 5) is 23.5. The van der Waals surface area contributed by atoms with Gasteiger partial charge in [-0.2, -0.15) is 4.98 Å². The number of nitrogens with one attached hydrogen (secondary N) is 3. The van der Waals surface area contributed by atoms with Crippen molar-refractivity contribution in [1.29, 1.82) is 0 Å². The highest BCUT2D eigenvalue weighted by molar-refractivity contribution is 7.70. The maximum atomic E-state index is 12.8. The highest BCUT2D eigenvalue weighted by Crippen LogP contribution is 2.39. The lowest BCUT2D eigenvalue weighted by atomic mass is 10.1. The molecular weight excluding hydrogens is 571 g/mol. The van der Waals surface area contributed by atoms with Gasteiger partial charge in [0.2, 0.25) is 11.9 Å². The summed E-state index contributed by atoms with van der Waals surface area (Å²) >= 11 is 6.42. The largest absolute Gasteiger partial charge is 0.495 e. The molecule has 1 saturated heterocycles. The average molecular weight is 607 g/mol. The van der Waals surface area contributed by atoms with Crippen LogP contribution in [0, 0.1) is 11.8 Å². The molecule has 0 atom stereocenters. The Morgan fingerprint density at radius 2 is 1.86 bits per heavy atom. The highest BCUT2D eigenvalue weighted by Gasteiger charge is 2.18. The zero-order valence-electron chi connectivity index (χ0n) is 24.2. The van der Waals surface area contributed by atoms with Crippen molar-refractivity contribution in [1.82, 2.24) is 14.9 Å². The monoisotopic (exact) mass is 606 g/mol. The van der Waals surface area contributed by atoms with Gasteiger partial charge in [-0.05, 0) is 63.5 Å². The minimum Gasteiger partial charge on any atom is -0.495 e. The third-order valence-corrected chi connectivity index (χ3v) is 8.56. The van der Waals surface area contributed by atoms with Gasteiger partial charge in [-0.15, -0.1) is 0 Å². The number of para-hydroxylation sites is 1. The van der Waals surface area contributed by atoms with Gasteiger partial charge in [-0.3, -0.25) is 9.69 Å². The second kappa shape index (κ2) is 14.4. The molecule has 2 aromatic carbocycles. The number of nitrogens with zero attached hydrogens (tertiary/aromatic N) is 3. The minimum atomic E-state index is -2.56. The second-order valence-corrected chi connectivity index (χ2v) is 13.9. The number of anilines is 5. The smallest absolute Gasteiger partial charge is 0.247 e. The number of carbonyl (C=O) groups is 1. The van der Waals surface area contributed by atoms with E-state index in [9.17, 15) is 9.36 Å². The van der Waals surface area contributed by atoms with Crippen LogP contribution in [0.15, 0.2) is 55.3 Å². The number of hydrogen-bond acceptors (Lipinski definition) is 8. The van der Waals surface area contributed by atoms with E-state index in [-0.39, 0.29) is 11.9 Å². The van der Waals surface area contributed by atoms with Crippen LogP contribution in [0.5, 0.6) is 5.75 Å². The van der Waals surface area contributed by atoms with Crippen molar-refractivity contribution in [3.63, 3.8) is 0 Å². The molecule has 42 heavy (non-hydrogen) atoms. The molecule has 1 aromatic heterocycles. The van der Waals surface area contributed by atoms with Crippen molar-refractivity contribution in [2.45, 2.75) is 25.7 Å². The van der Waals surface area contributed by atoms with Crippen LogP contribution in [0.1, 0.15) is 31.2 Å². The average Bonchev–Trinajstić information content (AvgIpc) is 3.24. The van der Waals surface area contributed by atoms with Crippen molar-refractivity contribution in [2.75, 3.05) is 56.0 Å². The van der Waals surface area contributed by atoms with Gasteiger partial charge in [0.25, 0.3) is 0 Å². The first-order valence-electron chi connectivity index (χ1n) is 13.8. The molecule has 0 radical (unpaired) electrons. The summed E-state index contributed by atoms with van der Waals surface area (Å²) in [7, 11) is -1.01. The van der Waals surface area contributed by atoms with E-state index in [1.807, 2.05) is 24.3 Å². The zero-order valence-corrected chi connectivity index (χ0v) is 25.8. The first-order chi connectivity index (χ1) is 20.2. The summed E-state index contributed by atoms with van der Waals surface area (Å²) in [6.07, 6.45) is 7.56. The molecule has 0 saturated carbocycles. The molecule has 220 valence electrons. The van der Waals surface area contributed by atoms with Crippen LogP contribution in [-0.4, -0.2) is 60.8 Å². The zero-order chi connectivity index (χ0) is 30.1. The Morgan fingerprint density at radius 3 is 2.55 bits per heavy atom. The number of aromatic nitrogens is 2. The van der Waals surface area contributed by atoms with Gasteiger partial charge in [0, 0.05) is 11.4 Å². The molecule has 1 aliphatic rings. The third kappa shape index (κ3) is 8.36. The Morgan fingerprint density at radius 1 is 1.12 bits per heavy atom. The van der Waals surface area contributed by atoms with E-state index in [0.717, 1.165) is 13.1 Å². The Kier molecular flexibility index (Phi) is 10.6. The number of amides is 1. The standard InChI is InChI=1S/C31H36ClN6O3P/c1-5-29(39)34-25-20-26(27(41-2)19-22(25)13-12-18-38-16-10-6-7-11-17-38)36-31-33-21-23(32)30(37-31)35-24-14-8-9-15-28(24)42(3,4)40/h5,8-9,14-15,19-21H,1,6-7,10-11,16-18H2,2-4H3,(H,34,39)(H2,33,35,36,37). The first-order valence-corrected chi connectivity index (χ1v) is 16.7. The molecule has 1 aliphatic heterocycles. The number of halogens is 1. The van der Waals surface area contributed by atoms with E-state index in [1.54, 1.807) is 32.6 Å². The Balaban J connectivity index is 1.63. The number of rotatable bonds is 9. The fourth-order valence-corrected chi connectivity index (χ4v) is 5.88. The normalized spacial score (nSPS) is 13.7. The maximum absolute atomic E-state index is 12.8. The molecule has 0 aliphatic carbocycles. The summed E-state index contributed by atoms with van der Waals surface area (Å²) < 4.78 is 18.5. The number of likely N-dealkylation sites (tertiary alicyclic amines) is 1. The Labute approximate surface area is 252 Å². The summed E-state index contributed by atoms with van der Waals surface area (Å²) in [5.74, 6) is 7.16. The molecule has 1 fully saturated rings. The molecule has 2 heterocycles. The number of hydrogen-bond donors (Lipinski definition) is 3. The number of benzene rings is 2. The van der Waals surface area contributed by atoms with Gasteiger partial charge in [0.1, 0.15) is 17.9 Å². The predicted molar refractivity (Wildman–Crippen MR) is 173 cm³/mol. The van der Waals surface area contributed by atoms with Gasteiger partial charge in [-0.1, -0.05) is 55.0 Å². The van der Waals surface area contributed by atoms with Crippen molar-refractivity contribution in [2.24, 2.45) is 0 Å². The number of carbonyl (C=O) groups excluding carboxylic acids is 1. The molecule has 9 nitrogen and oxygen atoms in total. The van der Waals surface area contributed by atoms with Crippen LogP contribution in [-0.2, 0) is 9.36 Å². The Hall–Kier alpha value is -3.83. The van der Waals surface area contributed by atoms with E-state index in [1.165, 1.54) is 38.0 Å². The highest BCUT2D eigenvalue weighted by atomic mass is 35.5. The van der Waals surface area contributed by atoms with E-state index < -0.39 is 7.14 Å². The van der Waals surface area contributed by atoms with Crippen LogP contribution in [0.2, 0.25) is 5.02 Å². The lowest BCUT2D eigenvalue weighted by Crippen LogP contribution is -2.24. The molecular formula is C31H36ClN6O3P. The van der Waals surface area contributed by atoms with E-state index in [4.69, 9.17) is 16.3 Å². The molecule has 3 aromatic rings. The van der Waals surface area contributed by atoms with Gasteiger partial charge in [0.15, 0.2) is 5.82 Å². The minimum absolute atomic E-state index is 0.231. The van der Waals surface area contributed by atoms with Crippen LogP contribution in [0.3, 0.4) is 0 Å². The maximum Gasteiger partial charge on any atom is 0.247 e. The fraction of sp³-hybridized carbons (Fsp3) is 0.323. The molecule has 0 bridgehead atoms. The molecule has 3 N–H and O–H groups in total. The van der Waals surface area contributed by atoms with Crippen LogP contribution in [0.25, 0.3) is 0 Å². The lowest BCUT2D eigenvalue weighted by Gasteiger charge is -2.17. The number of methoxy groups -OCH3 is 1. The summed E-state index contributed by atoms with van der Waals surface area (Å²) in [6.45, 7) is 9.72. The quantitative estimate of drug-likeness (QED) is 0.150.